The summed E-state index contributed by atoms with van der Waals surface area (Å²) in [6.45, 7) is 5.47. The Bertz CT molecular complexity index is 777. The van der Waals surface area contributed by atoms with Crippen molar-refractivity contribution in [2.45, 2.75) is 51.0 Å². The molecule has 1 saturated carbocycles. The molecule has 3 atom stereocenters. The van der Waals surface area contributed by atoms with Gasteiger partial charge in [0.1, 0.15) is 0 Å². The summed E-state index contributed by atoms with van der Waals surface area (Å²) in [4.78, 5) is 23.5. The lowest BCUT2D eigenvalue weighted by atomic mass is 9.78. The Kier molecular flexibility index (Phi) is 7.00. The zero-order valence-corrected chi connectivity index (χ0v) is 17.2. The van der Waals surface area contributed by atoms with Crippen LogP contribution in [0.5, 0.6) is 0 Å². The first kappa shape index (κ1) is 21.4. The Morgan fingerprint density at radius 3 is 2.37 bits per heavy atom. The number of hydrogen-bond donors (Lipinski definition) is 2. The van der Waals surface area contributed by atoms with Crippen LogP contribution in [0.15, 0.2) is 29.2 Å². The van der Waals surface area contributed by atoms with Gasteiger partial charge in [-0.05, 0) is 42.5 Å². The number of amides is 2. The van der Waals surface area contributed by atoms with Gasteiger partial charge in [0.15, 0.2) is 0 Å². The van der Waals surface area contributed by atoms with E-state index in [1.165, 1.54) is 38.2 Å². The molecule has 2 amide bonds. The minimum Gasteiger partial charge on any atom is -0.352 e. The average Bonchev–Trinajstić information content (AvgIpc) is 2.59. The normalized spacial score (nSPS) is 23.1. The van der Waals surface area contributed by atoms with Crippen molar-refractivity contribution in [3.8, 4) is 0 Å². The van der Waals surface area contributed by atoms with Crippen LogP contribution in [-0.4, -0.2) is 44.2 Å². The molecule has 1 aliphatic carbocycles. The summed E-state index contributed by atoms with van der Waals surface area (Å²) in [5.74, 6) is 0.408. The van der Waals surface area contributed by atoms with Gasteiger partial charge in [-0.15, -0.1) is 0 Å². The monoisotopic (exact) mass is 395 g/mol. The number of nitrogens with zero attached hydrogens (tertiary/aromatic N) is 1. The van der Waals surface area contributed by atoms with E-state index in [4.69, 9.17) is 0 Å². The molecular weight excluding hydrogens is 366 g/mol. The van der Waals surface area contributed by atoms with E-state index < -0.39 is 10.0 Å². The number of anilines is 1. The highest BCUT2D eigenvalue weighted by Gasteiger charge is 2.29. The number of carbonyl (C=O) groups is 2. The van der Waals surface area contributed by atoms with E-state index in [0.29, 0.717) is 17.5 Å². The molecule has 2 rings (SSSR count). The van der Waals surface area contributed by atoms with Crippen molar-refractivity contribution in [3.05, 3.63) is 24.3 Å². The third kappa shape index (κ3) is 5.52. The summed E-state index contributed by atoms with van der Waals surface area (Å²) >= 11 is 0. The maximum absolute atomic E-state index is 12.7. The van der Waals surface area contributed by atoms with Gasteiger partial charge in [0.25, 0.3) is 0 Å². The van der Waals surface area contributed by atoms with Crippen molar-refractivity contribution in [1.29, 1.82) is 0 Å². The quantitative estimate of drug-likeness (QED) is 0.772. The number of sulfonamides is 1. The summed E-state index contributed by atoms with van der Waals surface area (Å²) in [5, 5.41) is 5.58. The van der Waals surface area contributed by atoms with Crippen LogP contribution < -0.4 is 10.6 Å². The SMILES string of the molecule is CC(=O)Nc1ccc(S(=O)(=O)N(C)CC(=O)N[C@@H]2CCC[C@@H](C)[C@@H]2C)cc1. The van der Waals surface area contributed by atoms with E-state index in [1.54, 1.807) is 0 Å². The zero-order valence-electron chi connectivity index (χ0n) is 16.4. The van der Waals surface area contributed by atoms with Gasteiger partial charge in [-0.1, -0.05) is 26.7 Å². The van der Waals surface area contributed by atoms with Crippen molar-refractivity contribution in [2.75, 3.05) is 18.9 Å². The van der Waals surface area contributed by atoms with E-state index >= 15 is 0 Å². The predicted molar refractivity (Wildman–Crippen MR) is 105 cm³/mol. The molecule has 0 saturated heterocycles. The Hall–Kier alpha value is -1.93. The third-order valence-electron chi connectivity index (χ3n) is 5.30. The van der Waals surface area contributed by atoms with Crippen LogP contribution in [-0.2, 0) is 19.6 Å². The van der Waals surface area contributed by atoms with E-state index in [1.807, 2.05) is 0 Å². The second-order valence-corrected chi connectivity index (χ2v) is 9.45. The Morgan fingerprint density at radius 2 is 1.78 bits per heavy atom. The lowest BCUT2D eigenvalue weighted by molar-refractivity contribution is -0.122. The molecule has 1 aromatic rings. The highest BCUT2D eigenvalue weighted by molar-refractivity contribution is 7.89. The second-order valence-electron chi connectivity index (χ2n) is 7.41. The molecule has 0 radical (unpaired) electrons. The maximum Gasteiger partial charge on any atom is 0.243 e. The van der Waals surface area contributed by atoms with Gasteiger partial charge in [-0.25, -0.2) is 8.42 Å². The van der Waals surface area contributed by atoms with Gasteiger partial charge in [0, 0.05) is 25.7 Å². The molecule has 8 heteroatoms. The van der Waals surface area contributed by atoms with Crippen molar-refractivity contribution < 1.29 is 18.0 Å². The molecule has 2 N–H and O–H groups in total. The van der Waals surface area contributed by atoms with Crippen molar-refractivity contribution in [2.24, 2.45) is 11.8 Å². The summed E-state index contributed by atoms with van der Waals surface area (Å²) in [6.07, 6.45) is 3.17. The Balaban J connectivity index is 1.99. The fourth-order valence-electron chi connectivity index (χ4n) is 3.42. The van der Waals surface area contributed by atoms with Crippen LogP contribution in [0, 0.1) is 11.8 Å². The lowest BCUT2D eigenvalue weighted by Gasteiger charge is -2.34. The van der Waals surface area contributed by atoms with E-state index in [9.17, 15) is 18.0 Å². The molecule has 27 heavy (non-hydrogen) atoms. The molecule has 0 unspecified atom stereocenters. The highest BCUT2D eigenvalue weighted by Crippen LogP contribution is 2.29. The van der Waals surface area contributed by atoms with Crippen LogP contribution in [0.25, 0.3) is 0 Å². The summed E-state index contributed by atoms with van der Waals surface area (Å²) < 4.78 is 26.4. The minimum atomic E-state index is -3.78. The first-order valence-corrected chi connectivity index (χ1v) is 10.7. The topological polar surface area (TPSA) is 95.6 Å². The zero-order chi connectivity index (χ0) is 20.2. The summed E-state index contributed by atoms with van der Waals surface area (Å²) in [7, 11) is -2.39. The number of rotatable bonds is 6. The molecule has 0 aliphatic heterocycles. The van der Waals surface area contributed by atoms with Gasteiger partial charge in [-0.3, -0.25) is 9.59 Å². The number of benzene rings is 1. The van der Waals surface area contributed by atoms with Crippen LogP contribution in [0.1, 0.15) is 40.0 Å². The summed E-state index contributed by atoms with van der Waals surface area (Å²) in [5.41, 5.74) is 0.516. The van der Waals surface area contributed by atoms with E-state index in [-0.39, 0.29) is 29.3 Å². The molecular formula is C19H29N3O4S. The highest BCUT2D eigenvalue weighted by atomic mass is 32.2. The summed E-state index contributed by atoms with van der Waals surface area (Å²) in [6, 6.07) is 5.97. The molecule has 7 nitrogen and oxygen atoms in total. The van der Waals surface area contributed by atoms with Crippen LogP contribution >= 0.6 is 0 Å². The second kappa shape index (κ2) is 8.84. The number of carbonyl (C=O) groups excluding carboxylic acids is 2. The standard InChI is InChI=1S/C19H29N3O4S/c1-13-6-5-7-18(14(13)2)21-19(24)12-22(4)27(25,26)17-10-8-16(9-11-17)20-15(3)23/h8-11,13-14,18H,5-7,12H2,1-4H3,(H,20,23)(H,21,24)/t13-,14+,18-/m1/s1. The van der Waals surface area contributed by atoms with Gasteiger partial charge in [0.05, 0.1) is 11.4 Å². The minimum absolute atomic E-state index is 0.0755. The molecule has 0 bridgehead atoms. The Labute approximate surface area is 161 Å². The molecule has 1 fully saturated rings. The smallest absolute Gasteiger partial charge is 0.243 e. The fraction of sp³-hybridized carbons (Fsp3) is 0.579. The third-order valence-corrected chi connectivity index (χ3v) is 7.12. The first-order valence-electron chi connectivity index (χ1n) is 9.24. The van der Waals surface area contributed by atoms with E-state index in [0.717, 1.165) is 23.6 Å². The molecule has 150 valence electrons. The van der Waals surface area contributed by atoms with Gasteiger partial charge in [-0.2, -0.15) is 4.31 Å². The van der Waals surface area contributed by atoms with Crippen LogP contribution in [0.2, 0.25) is 0 Å². The predicted octanol–water partition coefficient (Wildman–Crippen LogP) is 2.21. The first-order chi connectivity index (χ1) is 12.6. The van der Waals surface area contributed by atoms with E-state index in [2.05, 4.69) is 24.5 Å². The van der Waals surface area contributed by atoms with Crippen LogP contribution in [0.3, 0.4) is 0 Å². The number of likely N-dealkylation sites (N-methyl/N-ethyl adjacent to an activating group) is 1. The molecule has 0 aromatic heterocycles. The Morgan fingerprint density at radius 1 is 1.15 bits per heavy atom. The van der Waals surface area contributed by atoms with Gasteiger partial charge in [0.2, 0.25) is 21.8 Å². The maximum atomic E-state index is 12.7. The number of hydrogen-bond acceptors (Lipinski definition) is 4. The molecule has 1 aromatic carbocycles. The van der Waals surface area contributed by atoms with Gasteiger partial charge >= 0.3 is 0 Å². The molecule has 0 heterocycles. The molecule has 1 aliphatic rings. The van der Waals surface area contributed by atoms with Crippen LogP contribution in [0.4, 0.5) is 5.69 Å². The lowest BCUT2D eigenvalue weighted by Crippen LogP contribution is -2.47. The average molecular weight is 396 g/mol. The number of nitrogens with one attached hydrogen (secondary N) is 2. The van der Waals surface area contributed by atoms with Crippen molar-refractivity contribution in [3.63, 3.8) is 0 Å². The fourth-order valence-corrected chi connectivity index (χ4v) is 4.55. The van der Waals surface area contributed by atoms with Gasteiger partial charge < -0.3 is 10.6 Å². The largest absolute Gasteiger partial charge is 0.352 e. The molecule has 0 spiro atoms. The van der Waals surface area contributed by atoms with Crippen molar-refractivity contribution in [1.82, 2.24) is 9.62 Å². The van der Waals surface area contributed by atoms with Crippen molar-refractivity contribution >= 4 is 27.5 Å².